The van der Waals surface area contributed by atoms with Crippen LogP contribution in [0.5, 0.6) is 0 Å². The molecule has 0 radical (unpaired) electrons. The van der Waals surface area contributed by atoms with Gasteiger partial charge in [0.15, 0.2) is 6.61 Å². The van der Waals surface area contributed by atoms with E-state index in [1.807, 2.05) is 5.32 Å². The van der Waals surface area contributed by atoms with Gasteiger partial charge in [-0.3, -0.25) is 10.1 Å². The average Bonchev–Trinajstić information content (AvgIpc) is 2.67. The third-order valence-electron chi connectivity index (χ3n) is 2.27. The predicted molar refractivity (Wildman–Crippen MR) is 52.9 cm³/mol. The smallest absolute Gasteiger partial charge is 0.450 e. The Bertz CT molecular complexity index is 286. The summed E-state index contributed by atoms with van der Waals surface area (Å²) in [4.78, 5) is 32.1. The van der Waals surface area contributed by atoms with Gasteiger partial charge in [0.05, 0.1) is 0 Å². The lowest BCUT2D eigenvalue weighted by Crippen LogP contribution is -2.44. The van der Waals surface area contributed by atoms with Gasteiger partial charge < -0.3 is 15.2 Å². The van der Waals surface area contributed by atoms with Gasteiger partial charge in [-0.2, -0.15) is 0 Å². The summed E-state index contributed by atoms with van der Waals surface area (Å²) in [7, 11) is 0. The highest BCUT2D eigenvalue weighted by Gasteiger charge is 2.18. The number of imide groups is 1. The Kier molecular flexibility index (Phi) is 4.56. The van der Waals surface area contributed by atoms with Gasteiger partial charge in [-0.1, -0.05) is 12.8 Å². The number of carbonyl (C=O) groups excluding carboxylic acids is 2. The van der Waals surface area contributed by atoms with E-state index in [1.54, 1.807) is 0 Å². The van der Waals surface area contributed by atoms with Crippen molar-refractivity contribution in [2.75, 3.05) is 6.61 Å². The third-order valence-corrected chi connectivity index (χ3v) is 2.27. The SMILES string of the molecule is O=C(COC(=O)O)NC(=O)NC1CCCC1. The van der Waals surface area contributed by atoms with Crippen LogP contribution in [-0.4, -0.2) is 35.8 Å². The van der Waals surface area contributed by atoms with Crippen LogP contribution in [0.1, 0.15) is 25.7 Å². The minimum absolute atomic E-state index is 0.105. The third kappa shape index (κ3) is 4.63. The van der Waals surface area contributed by atoms with E-state index in [-0.39, 0.29) is 6.04 Å². The number of amides is 3. The molecule has 1 saturated carbocycles. The highest BCUT2D eigenvalue weighted by Crippen LogP contribution is 2.17. The van der Waals surface area contributed by atoms with Crippen LogP contribution in [0, 0.1) is 0 Å². The van der Waals surface area contributed by atoms with Crippen LogP contribution < -0.4 is 10.6 Å². The molecule has 0 aromatic carbocycles. The maximum absolute atomic E-state index is 11.2. The molecule has 0 aromatic rings. The maximum Gasteiger partial charge on any atom is 0.506 e. The Balaban J connectivity index is 2.17. The normalized spacial score (nSPS) is 15.5. The molecular weight excluding hydrogens is 216 g/mol. The van der Waals surface area contributed by atoms with Crippen LogP contribution in [0.4, 0.5) is 9.59 Å². The maximum atomic E-state index is 11.2. The summed E-state index contributed by atoms with van der Waals surface area (Å²) in [6.45, 7) is -0.673. The summed E-state index contributed by atoms with van der Waals surface area (Å²) >= 11 is 0. The molecule has 1 rings (SSSR count). The number of carboxylic acid groups (broad SMARTS) is 1. The van der Waals surface area contributed by atoms with Gasteiger partial charge in [0.25, 0.3) is 5.91 Å². The molecule has 0 aromatic heterocycles. The van der Waals surface area contributed by atoms with Crippen molar-refractivity contribution in [2.24, 2.45) is 0 Å². The number of hydrogen-bond donors (Lipinski definition) is 3. The highest BCUT2D eigenvalue weighted by molar-refractivity contribution is 5.95. The molecule has 0 aliphatic heterocycles. The molecule has 0 heterocycles. The van der Waals surface area contributed by atoms with Gasteiger partial charge in [-0.25, -0.2) is 9.59 Å². The number of ether oxygens (including phenoxy) is 1. The second kappa shape index (κ2) is 5.94. The first-order valence-electron chi connectivity index (χ1n) is 5.04. The number of urea groups is 1. The van der Waals surface area contributed by atoms with Crippen molar-refractivity contribution in [2.45, 2.75) is 31.7 Å². The second-order valence-corrected chi connectivity index (χ2v) is 3.56. The molecule has 0 spiro atoms. The molecule has 0 unspecified atom stereocenters. The molecule has 1 fully saturated rings. The molecule has 16 heavy (non-hydrogen) atoms. The number of nitrogens with one attached hydrogen (secondary N) is 2. The van der Waals surface area contributed by atoms with Crippen molar-refractivity contribution >= 4 is 18.1 Å². The van der Waals surface area contributed by atoms with Gasteiger partial charge in [-0.15, -0.1) is 0 Å². The first-order chi connectivity index (χ1) is 7.58. The Labute approximate surface area is 92.1 Å². The van der Waals surface area contributed by atoms with Crippen LogP contribution in [0.2, 0.25) is 0 Å². The van der Waals surface area contributed by atoms with Crippen LogP contribution in [0.15, 0.2) is 0 Å². The van der Waals surface area contributed by atoms with Crippen molar-refractivity contribution in [3.63, 3.8) is 0 Å². The van der Waals surface area contributed by atoms with Crippen LogP contribution >= 0.6 is 0 Å². The Morgan fingerprint density at radius 1 is 1.25 bits per heavy atom. The van der Waals surface area contributed by atoms with Crippen molar-refractivity contribution in [3.8, 4) is 0 Å². The minimum Gasteiger partial charge on any atom is -0.450 e. The summed E-state index contributed by atoms with van der Waals surface area (Å²) in [6.07, 6.45) is 2.41. The molecule has 3 amide bonds. The predicted octanol–water partition coefficient (Wildman–Crippen LogP) is 0.449. The molecule has 1 aliphatic rings. The van der Waals surface area contributed by atoms with E-state index in [0.29, 0.717) is 0 Å². The number of hydrogen-bond acceptors (Lipinski definition) is 4. The summed E-state index contributed by atoms with van der Waals surface area (Å²) in [6, 6.07) is -0.501. The molecule has 7 heteroatoms. The van der Waals surface area contributed by atoms with Gasteiger partial charge >= 0.3 is 12.2 Å². The molecule has 7 nitrogen and oxygen atoms in total. The van der Waals surface area contributed by atoms with Crippen LogP contribution in [0.25, 0.3) is 0 Å². The van der Waals surface area contributed by atoms with E-state index < -0.39 is 24.7 Å². The summed E-state index contributed by atoms with van der Waals surface area (Å²) in [5, 5.41) is 12.7. The Morgan fingerprint density at radius 3 is 2.44 bits per heavy atom. The molecule has 0 saturated heterocycles. The van der Waals surface area contributed by atoms with Crippen LogP contribution in [-0.2, 0) is 9.53 Å². The minimum atomic E-state index is -1.55. The fourth-order valence-corrected chi connectivity index (χ4v) is 1.58. The van der Waals surface area contributed by atoms with Crippen molar-refractivity contribution in [1.82, 2.24) is 10.6 Å². The topological polar surface area (TPSA) is 105 Å². The van der Waals surface area contributed by atoms with E-state index in [1.165, 1.54) is 0 Å². The molecule has 1 aliphatic carbocycles. The Morgan fingerprint density at radius 2 is 1.88 bits per heavy atom. The fourth-order valence-electron chi connectivity index (χ4n) is 1.58. The summed E-state index contributed by atoms with van der Waals surface area (Å²) in [5.41, 5.74) is 0. The van der Waals surface area contributed by atoms with E-state index in [9.17, 15) is 14.4 Å². The summed E-state index contributed by atoms with van der Waals surface area (Å²) in [5.74, 6) is -0.780. The average molecular weight is 230 g/mol. The largest absolute Gasteiger partial charge is 0.506 e. The van der Waals surface area contributed by atoms with Crippen LogP contribution in [0.3, 0.4) is 0 Å². The zero-order valence-corrected chi connectivity index (χ0v) is 8.69. The molecule has 90 valence electrons. The molecule has 3 N–H and O–H groups in total. The fraction of sp³-hybridized carbons (Fsp3) is 0.667. The van der Waals surface area contributed by atoms with E-state index in [0.717, 1.165) is 25.7 Å². The van der Waals surface area contributed by atoms with E-state index in [4.69, 9.17) is 5.11 Å². The zero-order chi connectivity index (χ0) is 12.0. The van der Waals surface area contributed by atoms with Crippen molar-refractivity contribution in [1.29, 1.82) is 0 Å². The van der Waals surface area contributed by atoms with Crippen molar-refractivity contribution < 1.29 is 24.2 Å². The lowest BCUT2D eigenvalue weighted by molar-refractivity contribution is -0.123. The molecule has 0 atom stereocenters. The first kappa shape index (κ1) is 12.3. The van der Waals surface area contributed by atoms with E-state index in [2.05, 4.69) is 10.1 Å². The number of rotatable bonds is 3. The number of carbonyl (C=O) groups is 3. The summed E-state index contributed by atoms with van der Waals surface area (Å²) < 4.78 is 4.00. The molecule has 0 bridgehead atoms. The van der Waals surface area contributed by atoms with Gasteiger partial charge in [0.2, 0.25) is 0 Å². The first-order valence-corrected chi connectivity index (χ1v) is 5.04. The van der Waals surface area contributed by atoms with E-state index >= 15 is 0 Å². The second-order valence-electron chi connectivity index (χ2n) is 3.56. The van der Waals surface area contributed by atoms with Gasteiger partial charge in [-0.05, 0) is 12.8 Å². The molecular formula is C9H14N2O5. The highest BCUT2D eigenvalue weighted by atomic mass is 16.7. The van der Waals surface area contributed by atoms with Gasteiger partial charge in [0.1, 0.15) is 0 Å². The van der Waals surface area contributed by atoms with Crippen molar-refractivity contribution in [3.05, 3.63) is 0 Å². The Hall–Kier alpha value is -1.79. The zero-order valence-electron chi connectivity index (χ0n) is 8.69. The monoisotopic (exact) mass is 230 g/mol. The lowest BCUT2D eigenvalue weighted by Gasteiger charge is -2.11. The lowest BCUT2D eigenvalue weighted by atomic mass is 10.2. The van der Waals surface area contributed by atoms with Gasteiger partial charge in [0, 0.05) is 6.04 Å². The quantitative estimate of drug-likeness (QED) is 0.610. The standard InChI is InChI=1S/C9H14N2O5/c12-7(5-16-9(14)15)11-8(13)10-6-3-1-2-4-6/h6H,1-5H2,(H,14,15)(H2,10,11,12,13).